The molecule has 15 nitrogen and oxygen atoms in total. The minimum atomic E-state index is -5.05. The third-order valence-electron chi connectivity index (χ3n) is 4.70. The second-order valence-corrected chi connectivity index (χ2v) is 10.3. The first kappa shape index (κ1) is 29.1. The Morgan fingerprint density at radius 3 is 2.47 bits per heavy atom. The molecule has 0 radical (unpaired) electrons. The Labute approximate surface area is 214 Å². The zero-order chi connectivity index (χ0) is 28.1. The molecule has 5 N–H and O–H groups in total. The average Bonchev–Trinajstić information content (AvgIpc) is 3.43. The van der Waals surface area contributed by atoms with Crippen LogP contribution in [0.4, 0.5) is 14.9 Å². The van der Waals surface area contributed by atoms with Gasteiger partial charge in [0.1, 0.15) is 11.8 Å². The molecule has 0 bridgehead atoms. The average molecular weight is 573 g/mol. The number of aromatic nitrogens is 3. The van der Waals surface area contributed by atoms with E-state index >= 15 is 0 Å². The molecule has 1 aliphatic rings. The van der Waals surface area contributed by atoms with Gasteiger partial charge in [0.2, 0.25) is 5.91 Å². The number of rotatable bonds is 7. The highest BCUT2D eigenvalue weighted by Crippen LogP contribution is 2.53. The molecule has 1 aliphatic heterocycles. The topological polar surface area (TPSA) is 214 Å². The monoisotopic (exact) mass is 573 g/mol. The minimum Gasteiger partial charge on any atom is -0.442 e. The molecule has 3 heterocycles. The molecule has 3 aromatic rings. The highest BCUT2D eigenvalue weighted by Gasteiger charge is 2.33. The molecule has 2 amide bonds. The quantitative estimate of drug-likeness (QED) is 0.256. The molecule has 0 saturated carbocycles. The summed E-state index contributed by atoms with van der Waals surface area (Å²) in [5.74, 6) is -0.740. The molecular formula is C20H22FN5O10P2. The Kier molecular flexibility index (Phi) is 9.12. The van der Waals surface area contributed by atoms with Gasteiger partial charge in [-0.1, -0.05) is 6.07 Å². The molecule has 0 aliphatic carbocycles. The van der Waals surface area contributed by atoms with Crippen LogP contribution in [-0.2, 0) is 23.0 Å². The smallest absolute Gasteiger partial charge is 0.442 e. The maximum Gasteiger partial charge on any atom is 0.478 e. The number of halogens is 1. The number of nitrogens with zero attached hydrogens (tertiary/aromatic N) is 4. The Hall–Kier alpha value is -3.49. The van der Waals surface area contributed by atoms with Crippen LogP contribution < -0.4 is 10.2 Å². The summed E-state index contributed by atoms with van der Waals surface area (Å²) in [7, 11) is -10.1. The maximum absolute atomic E-state index is 14.8. The molecule has 18 heteroatoms. The zero-order valence-electron chi connectivity index (χ0n) is 19.5. The van der Waals surface area contributed by atoms with Crippen LogP contribution in [0.1, 0.15) is 6.92 Å². The summed E-state index contributed by atoms with van der Waals surface area (Å²) in [4.78, 5) is 59.7. The Morgan fingerprint density at radius 1 is 1.21 bits per heavy atom. The Morgan fingerprint density at radius 2 is 1.92 bits per heavy atom. The predicted molar refractivity (Wildman–Crippen MR) is 128 cm³/mol. The van der Waals surface area contributed by atoms with E-state index in [1.807, 2.05) is 18.2 Å². The van der Waals surface area contributed by atoms with E-state index in [4.69, 9.17) is 24.3 Å². The van der Waals surface area contributed by atoms with Crippen LogP contribution in [0.25, 0.3) is 16.9 Å². The van der Waals surface area contributed by atoms with Crippen molar-refractivity contribution in [1.29, 1.82) is 0 Å². The summed E-state index contributed by atoms with van der Waals surface area (Å²) in [6.07, 6.45) is 3.91. The summed E-state index contributed by atoms with van der Waals surface area (Å²) in [5, 5.41) is 6.81. The van der Waals surface area contributed by atoms with E-state index in [-0.39, 0.29) is 24.7 Å². The molecule has 1 saturated heterocycles. The van der Waals surface area contributed by atoms with Crippen LogP contribution in [-0.4, -0.2) is 65.5 Å². The third-order valence-corrected chi connectivity index (χ3v) is 6.40. The number of carbonyl (C=O) groups excluding carboxylic acids is 2. The fourth-order valence-corrected chi connectivity index (χ4v) is 4.31. The third kappa shape index (κ3) is 8.53. The second-order valence-electron chi connectivity index (χ2n) is 7.64. The van der Waals surface area contributed by atoms with E-state index in [9.17, 15) is 23.1 Å². The standard InChI is InChI=1S/C20H18FN5O3.H4O7P2/c1-13(27)23-10-16-12-25(20(28)29-16)15-5-6-19(17(21)8-15)26-11-14(9-24-26)18-4-2-3-7-22-18;1-8(2,3)7-9(4,5)6/h2-9,11,16H,10,12H2,1H3,(H,23,27);(H2,1,2,3)(H2,4,5,6)/t16-;/m0./s1. The number of phosphoric acid groups is 2. The van der Waals surface area contributed by atoms with Crippen molar-refractivity contribution in [3.8, 4) is 16.9 Å². The molecule has 4 rings (SSSR count). The van der Waals surface area contributed by atoms with Crippen molar-refractivity contribution in [2.75, 3.05) is 18.0 Å². The normalized spacial score (nSPS) is 15.5. The van der Waals surface area contributed by atoms with Crippen molar-refractivity contribution in [3.05, 3.63) is 60.8 Å². The van der Waals surface area contributed by atoms with Crippen LogP contribution in [0.3, 0.4) is 0 Å². The molecule has 0 spiro atoms. The number of hydrogen-bond donors (Lipinski definition) is 5. The lowest BCUT2D eigenvalue weighted by atomic mass is 10.2. The van der Waals surface area contributed by atoms with Gasteiger partial charge >= 0.3 is 21.7 Å². The van der Waals surface area contributed by atoms with Crippen LogP contribution in [0.2, 0.25) is 0 Å². The van der Waals surface area contributed by atoms with Gasteiger partial charge in [-0.3, -0.25) is 14.7 Å². The number of benzene rings is 1. The van der Waals surface area contributed by atoms with E-state index in [0.717, 1.165) is 11.3 Å². The lowest BCUT2D eigenvalue weighted by molar-refractivity contribution is -0.119. The molecule has 204 valence electrons. The maximum atomic E-state index is 14.8. The van der Waals surface area contributed by atoms with Crippen LogP contribution >= 0.6 is 15.6 Å². The van der Waals surface area contributed by atoms with E-state index in [0.29, 0.717) is 5.69 Å². The van der Waals surface area contributed by atoms with E-state index in [1.54, 1.807) is 30.7 Å². The summed E-state index contributed by atoms with van der Waals surface area (Å²) in [5.41, 5.74) is 2.12. The minimum absolute atomic E-state index is 0.209. The molecule has 1 fully saturated rings. The summed E-state index contributed by atoms with van der Waals surface area (Å²) in [6.45, 7) is 1.82. The summed E-state index contributed by atoms with van der Waals surface area (Å²) in [6, 6.07) is 9.97. The van der Waals surface area contributed by atoms with Crippen LogP contribution in [0.15, 0.2) is 55.0 Å². The zero-order valence-corrected chi connectivity index (χ0v) is 21.3. The lowest BCUT2D eigenvalue weighted by Crippen LogP contribution is -2.33. The summed E-state index contributed by atoms with van der Waals surface area (Å²) < 4.78 is 43.6. The van der Waals surface area contributed by atoms with Gasteiger partial charge in [-0.2, -0.15) is 9.41 Å². The highest BCUT2D eigenvalue weighted by atomic mass is 31.3. The molecule has 1 aromatic carbocycles. The van der Waals surface area contributed by atoms with Gasteiger partial charge in [0.15, 0.2) is 5.82 Å². The lowest BCUT2D eigenvalue weighted by Gasteiger charge is -2.14. The summed E-state index contributed by atoms with van der Waals surface area (Å²) >= 11 is 0. The molecule has 2 aromatic heterocycles. The van der Waals surface area contributed by atoms with Crippen molar-refractivity contribution in [1.82, 2.24) is 20.1 Å². The van der Waals surface area contributed by atoms with Crippen molar-refractivity contribution < 1.29 is 51.7 Å². The van der Waals surface area contributed by atoms with Gasteiger partial charge in [0, 0.05) is 24.9 Å². The van der Waals surface area contributed by atoms with Crippen molar-refractivity contribution in [2.24, 2.45) is 0 Å². The van der Waals surface area contributed by atoms with Crippen molar-refractivity contribution >= 4 is 33.3 Å². The number of carbonyl (C=O) groups is 2. The van der Waals surface area contributed by atoms with Gasteiger partial charge in [0.05, 0.1) is 30.7 Å². The van der Waals surface area contributed by atoms with Crippen molar-refractivity contribution in [3.63, 3.8) is 0 Å². The Bertz CT molecular complexity index is 1370. The number of anilines is 1. The predicted octanol–water partition coefficient (Wildman–Crippen LogP) is 1.72. The molecule has 38 heavy (non-hydrogen) atoms. The van der Waals surface area contributed by atoms with E-state index < -0.39 is 33.7 Å². The number of hydrogen-bond acceptors (Lipinski definition) is 8. The van der Waals surface area contributed by atoms with E-state index in [1.165, 1.54) is 22.6 Å². The van der Waals surface area contributed by atoms with Gasteiger partial charge in [-0.25, -0.2) is 23.0 Å². The first-order valence-corrected chi connectivity index (χ1v) is 13.6. The number of pyridine rings is 1. The largest absolute Gasteiger partial charge is 0.478 e. The number of nitrogens with one attached hydrogen (secondary N) is 1. The molecule has 0 unspecified atom stereocenters. The second kappa shape index (κ2) is 11.9. The first-order chi connectivity index (χ1) is 17.7. The molecule has 1 atom stereocenters. The van der Waals surface area contributed by atoms with Crippen LogP contribution in [0, 0.1) is 5.82 Å². The van der Waals surface area contributed by atoms with Gasteiger partial charge in [-0.05, 0) is 30.3 Å². The number of ether oxygens (including phenoxy) is 1. The first-order valence-electron chi connectivity index (χ1n) is 10.5. The number of cyclic esters (lactones) is 1. The number of amides is 2. The van der Waals surface area contributed by atoms with Crippen molar-refractivity contribution in [2.45, 2.75) is 13.0 Å². The Balaban J connectivity index is 0.000000383. The van der Waals surface area contributed by atoms with Crippen LogP contribution in [0.5, 0.6) is 0 Å². The van der Waals surface area contributed by atoms with Gasteiger partial charge in [0.25, 0.3) is 0 Å². The fourth-order valence-electron chi connectivity index (χ4n) is 3.20. The van der Waals surface area contributed by atoms with Gasteiger partial charge in [-0.15, -0.1) is 0 Å². The SMILES string of the molecule is CC(=O)NC[C@H]1CN(c2ccc(-n3cc(-c4ccccn4)cn3)c(F)c2)C(=O)O1.O=P(O)(O)OP(=O)(O)O. The fraction of sp³-hybridized carbons (Fsp3) is 0.200. The van der Waals surface area contributed by atoms with Gasteiger partial charge < -0.3 is 29.6 Å². The highest BCUT2D eigenvalue weighted by molar-refractivity contribution is 7.60. The molecular weight excluding hydrogens is 551 g/mol. The van der Waals surface area contributed by atoms with E-state index in [2.05, 4.69) is 19.7 Å².